The van der Waals surface area contributed by atoms with Gasteiger partial charge in [-0.1, -0.05) is 13.8 Å². The number of furan rings is 1. The fourth-order valence-electron chi connectivity index (χ4n) is 2.30. The van der Waals surface area contributed by atoms with Crippen LogP contribution < -0.4 is 10.1 Å². The molecule has 0 saturated heterocycles. The molecule has 0 spiro atoms. The van der Waals surface area contributed by atoms with Crippen molar-refractivity contribution in [2.75, 3.05) is 13.7 Å². The van der Waals surface area contributed by atoms with Crippen LogP contribution in [0, 0.1) is 0 Å². The quantitative estimate of drug-likeness (QED) is 0.841. The van der Waals surface area contributed by atoms with Crippen molar-refractivity contribution in [3.05, 3.63) is 41.7 Å². The molecule has 1 unspecified atom stereocenters. The molecule has 2 aromatic heterocycles. The van der Waals surface area contributed by atoms with Crippen molar-refractivity contribution < 1.29 is 9.15 Å². The SMILES string of the molecule is CCNC(Cc1cc(OC)ncn1)c1ccoc1CC. The summed E-state index contributed by atoms with van der Waals surface area (Å²) in [6.07, 6.45) is 4.95. The molecular weight excluding hydrogens is 254 g/mol. The molecule has 2 rings (SSSR count). The molecule has 108 valence electrons. The summed E-state index contributed by atoms with van der Waals surface area (Å²) in [5.41, 5.74) is 2.15. The zero-order valence-electron chi connectivity index (χ0n) is 12.2. The number of nitrogens with zero attached hydrogens (tertiary/aromatic N) is 2. The maximum Gasteiger partial charge on any atom is 0.216 e. The number of likely N-dealkylation sites (N-methyl/N-ethyl adjacent to an activating group) is 1. The average Bonchev–Trinajstić information content (AvgIpc) is 2.95. The van der Waals surface area contributed by atoms with Crippen LogP contribution in [0.15, 0.2) is 29.1 Å². The molecule has 0 aliphatic carbocycles. The van der Waals surface area contributed by atoms with E-state index in [4.69, 9.17) is 9.15 Å². The van der Waals surface area contributed by atoms with Gasteiger partial charge in [0, 0.05) is 36.2 Å². The van der Waals surface area contributed by atoms with Crippen molar-refractivity contribution in [3.8, 4) is 5.88 Å². The van der Waals surface area contributed by atoms with Gasteiger partial charge in [0.15, 0.2) is 0 Å². The van der Waals surface area contributed by atoms with Gasteiger partial charge in [0.2, 0.25) is 5.88 Å². The van der Waals surface area contributed by atoms with Gasteiger partial charge in [-0.25, -0.2) is 9.97 Å². The summed E-state index contributed by atoms with van der Waals surface area (Å²) >= 11 is 0. The first-order valence-corrected chi connectivity index (χ1v) is 6.93. The van der Waals surface area contributed by atoms with Crippen molar-refractivity contribution in [3.63, 3.8) is 0 Å². The highest BCUT2D eigenvalue weighted by atomic mass is 16.5. The maximum atomic E-state index is 5.53. The van der Waals surface area contributed by atoms with Gasteiger partial charge in [-0.3, -0.25) is 0 Å². The monoisotopic (exact) mass is 275 g/mol. The van der Waals surface area contributed by atoms with Crippen LogP contribution in [0.5, 0.6) is 5.88 Å². The fourth-order valence-corrected chi connectivity index (χ4v) is 2.30. The third kappa shape index (κ3) is 3.36. The normalized spacial score (nSPS) is 12.3. The lowest BCUT2D eigenvalue weighted by Gasteiger charge is -2.17. The van der Waals surface area contributed by atoms with Crippen molar-refractivity contribution in [2.45, 2.75) is 32.7 Å². The van der Waals surface area contributed by atoms with E-state index >= 15 is 0 Å². The summed E-state index contributed by atoms with van der Waals surface area (Å²) < 4.78 is 10.7. The van der Waals surface area contributed by atoms with Crippen LogP contribution >= 0.6 is 0 Å². The standard InChI is InChI=1S/C15H21N3O2/c1-4-14-12(6-7-20-14)13(16-5-2)8-11-9-15(19-3)18-10-17-11/h6-7,9-10,13,16H,4-5,8H2,1-3H3. The molecule has 5 heteroatoms. The first-order valence-electron chi connectivity index (χ1n) is 6.93. The molecule has 0 aliphatic heterocycles. The van der Waals surface area contributed by atoms with Gasteiger partial charge in [-0.2, -0.15) is 0 Å². The highest BCUT2D eigenvalue weighted by Gasteiger charge is 2.17. The molecule has 20 heavy (non-hydrogen) atoms. The van der Waals surface area contributed by atoms with E-state index in [1.807, 2.05) is 12.1 Å². The van der Waals surface area contributed by atoms with Gasteiger partial charge in [0.25, 0.3) is 0 Å². The molecule has 0 bridgehead atoms. The summed E-state index contributed by atoms with van der Waals surface area (Å²) in [6.45, 7) is 5.08. The van der Waals surface area contributed by atoms with Crippen LogP contribution in [-0.4, -0.2) is 23.6 Å². The van der Waals surface area contributed by atoms with Crippen molar-refractivity contribution in [1.29, 1.82) is 0 Å². The number of ether oxygens (including phenoxy) is 1. The summed E-state index contributed by atoms with van der Waals surface area (Å²) in [7, 11) is 1.61. The topological polar surface area (TPSA) is 60.2 Å². The van der Waals surface area contributed by atoms with Crippen LogP contribution in [0.4, 0.5) is 0 Å². The largest absolute Gasteiger partial charge is 0.481 e. The summed E-state index contributed by atoms with van der Waals surface area (Å²) in [6, 6.07) is 4.09. The van der Waals surface area contributed by atoms with Crippen molar-refractivity contribution in [1.82, 2.24) is 15.3 Å². The van der Waals surface area contributed by atoms with Gasteiger partial charge in [-0.05, 0) is 12.6 Å². The number of aromatic nitrogens is 2. The van der Waals surface area contributed by atoms with Gasteiger partial charge in [0.1, 0.15) is 12.1 Å². The van der Waals surface area contributed by atoms with Gasteiger partial charge < -0.3 is 14.5 Å². The first-order chi connectivity index (χ1) is 9.78. The first kappa shape index (κ1) is 14.5. The average molecular weight is 275 g/mol. The molecule has 0 aliphatic rings. The molecule has 5 nitrogen and oxygen atoms in total. The van der Waals surface area contributed by atoms with E-state index in [1.165, 1.54) is 11.9 Å². The second-order valence-electron chi connectivity index (χ2n) is 4.52. The Labute approximate surface area is 119 Å². The molecule has 0 saturated carbocycles. The zero-order valence-corrected chi connectivity index (χ0v) is 12.2. The lowest BCUT2D eigenvalue weighted by atomic mass is 10.0. The van der Waals surface area contributed by atoms with Crippen LogP contribution in [0.3, 0.4) is 0 Å². The second-order valence-corrected chi connectivity index (χ2v) is 4.52. The third-order valence-corrected chi connectivity index (χ3v) is 3.25. The van der Waals surface area contributed by atoms with Gasteiger partial charge in [-0.15, -0.1) is 0 Å². The van der Waals surface area contributed by atoms with Crippen LogP contribution in [0.1, 0.15) is 36.9 Å². The predicted octanol–water partition coefficient (Wildman–Crippen LogP) is 2.53. The van der Waals surface area contributed by atoms with E-state index < -0.39 is 0 Å². The van der Waals surface area contributed by atoms with Crippen molar-refractivity contribution in [2.24, 2.45) is 0 Å². The second kappa shape index (κ2) is 7.05. The maximum absolute atomic E-state index is 5.53. The number of nitrogens with one attached hydrogen (secondary N) is 1. The van der Waals surface area contributed by atoms with E-state index in [0.29, 0.717) is 5.88 Å². The van der Waals surface area contributed by atoms with E-state index in [0.717, 1.165) is 30.8 Å². The Morgan fingerprint density at radius 2 is 2.20 bits per heavy atom. The van der Waals surface area contributed by atoms with Crippen molar-refractivity contribution >= 4 is 0 Å². The lowest BCUT2D eigenvalue weighted by molar-refractivity contribution is 0.395. The van der Waals surface area contributed by atoms with E-state index in [1.54, 1.807) is 13.4 Å². The Hall–Kier alpha value is -1.88. The number of rotatable bonds is 7. The minimum Gasteiger partial charge on any atom is -0.481 e. The minimum atomic E-state index is 0.188. The fraction of sp³-hybridized carbons (Fsp3) is 0.467. The molecule has 1 atom stereocenters. The molecule has 0 amide bonds. The Kier molecular flexibility index (Phi) is 5.12. The third-order valence-electron chi connectivity index (χ3n) is 3.25. The molecule has 2 aromatic rings. The highest BCUT2D eigenvalue weighted by molar-refractivity contribution is 5.24. The number of aryl methyl sites for hydroxylation is 1. The highest BCUT2D eigenvalue weighted by Crippen LogP contribution is 2.23. The predicted molar refractivity (Wildman–Crippen MR) is 76.8 cm³/mol. The number of hydrogen-bond acceptors (Lipinski definition) is 5. The Balaban J connectivity index is 2.20. The van der Waals surface area contributed by atoms with Crippen LogP contribution in [0.25, 0.3) is 0 Å². The molecular formula is C15H21N3O2. The Bertz CT molecular complexity index is 539. The molecule has 0 aromatic carbocycles. The van der Waals surface area contributed by atoms with Gasteiger partial charge in [0.05, 0.1) is 13.4 Å². The zero-order chi connectivity index (χ0) is 14.4. The number of methoxy groups -OCH3 is 1. The van der Waals surface area contributed by atoms with E-state index in [-0.39, 0.29) is 6.04 Å². The van der Waals surface area contributed by atoms with E-state index in [2.05, 4.69) is 29.1 Å². The van der Waals surface area contributed by atoms with Gasteiger partial charge >= 0.3 is 0 Å². The lowest BCUT2D eigenvalue weighted by Crippen LogP contribution is -2.23. The summed E-state index contributed by atoms with van der Waals surface area (Å²) in [4.78, 5) is 8.35. The smallest absolute Gasteiger partial charge is 0.216 e. The molecule has 0 fully saturated rings. The van der Waals surface area contributed by atoms with E-state index in [9.17, 15) is 0 Å². The summed E-state index contributed by atoms with van der Waals surface area (Å²) in [5.74, 6) is 1.62. The summed E-state index contributed by atoms with van der Waals surface area (Å²) in [5, 5.41) is 3.48. The Morgan fingerprint density at radius 1 is 1.35 bits per heavy atom. The number of hydrogen-bond donors (Lipinski definition) is 1. The Morgan fingerprint density at radius 3 is 2.90 bits per heavy atom. The molecule has 2 heterocycles. The van der Waals surface area contributed by atoms with Crippen LogP contribution in [-0.2, 0) is 12.8 Å². The molecule has 0 radical (unpaired) electrons. The van der Waals surface area contributed by atoms with Crippen LogP contribution in [0.2, 0.25) is 0 Å². The minimum absolute atomic E-state index is 0.188. The molecule has 1 N–H and O–H groups in total.